The van der Waals surface area contributed by atoms with Crippen LogP contribution in [-0.4, -0.2) is 50.7 Å². The maximum absolute atomic E-state index is 8.75. The molecule has 0 heterocycles. The van der Waals surface area contributed by atoms with Crippen LogP contribution in [0.5, 0.6) is 0 Å². The van der Waals surface area contributed by atoms with Gasteiger partial charge in [0.05, 0.1) is 70.5 Å². The van der Waals surface area contributed by atoms with Crippen molar-refractivity contribution in [1.82, 2.24) is 0 Å². The highest BCUT2D eigenvalue weighted by Crippen LogP contribution is 2.50. The summed E-state index contributed by atoms with van der Waals surface area (Å²) in [6, 6.07) is 6.19. The van der Waals surface area contributed by atoms with Gasteiger partial charge in [0.25, 0.3) is 0 Å². The van der Waals surface area contributed by atoms with Gasteiger partial charge < -0.3 is 14.2 Å². The first-order valence-electron chi connectivity index (χ1n) is 7.86. The van der Waals surface area contributed by atoms with Gasteiger partial charge in [-0.3, -0.25) is 0 Å². The van der Waals surface area contributed by atoms with Crippen LogP contribution in [-0.2, 0) is 14.2 Å². The first kappa shape index (κ1) is 21.8. The normalized spacial score (nSPS) is 11.0. The van der Waals surface area contributed by atoms with Crippen molar-refractivity contribution in [2.45, 2.75) is 38.5 Å². The molecule has 0 N–H and O–H groups in total. The summed E-state index contributed by atoms with van der Waals surface area (Å²) in [7, 11) is -0.510. The standard InChI is InChI=1S/C16H26N3O3P/c1-3-23(4-2)16(22-13-7-10-19,14-20-11-5-8-17)15-21-12-6-9-18/h3-7,11-15H2,1-2H3. The smallest absolute Gasteiger partial charge is 0.133 e. The molecule has 0 saturated heterocycles. The Morgan fingerprint density at radius 1 is 0.783 bits per heavy atom. The number of hydrogen-bond acceptors (Lipinski definition) is 6. The number of ether oxygens (including phenoxy) is 3. The molecule has 7 heteroatoms. The second-order valence-electron chi connectivity index (χ2n) is 4.80. The van der Waals surface area contributed by atoms with E-state index >= 15 is 0 Å². The van der Waals surface area contributed by atoms with Crippen molar-refractivity contribution in [1.29, 1.82) is 15.8 Å². The molecule has 0 unspecified atom stereocenters. The zero-order chi connectivity index (χ0) is 17.4. The second-order valence-corrected chi connectivity index (χ2v) is 7.96. The van der Waals surface area contributed by atoms with Gasteiger partial charge in [-0.2, -0.15) is 15.8 Å². The predicted octanol–water partition coefficient (Wildman–Crippen LogP) is 3.00. The van der Waals surface area contributed by atoms with E-state index in [4.69, 9.17) is 30.0 Å². The summed E-state index contributed by atoms with van der Waals surface area (Å²) >= 11 is 0. The highest BCUT2D eigenvalue weighted by Gasteiger charge is 2.38. The summed E-state index contributed by atoms with van der Waals surface area (Å²) < 4.78 is 17.4. The van der Waals surface area contributed by atoms with Gasteiger partial charge in [0, 0.05) is 0 Å². The molecule has 0 fully saturated rings. The summed E-state index contributed by atoms with van der Waals surface area (Å²) in [5.74, 6) is 0. The van der Waals surface area contributed by atoms with Crippen LogP contribution in [0.1, 0.15) is 33.1 Å². The minimum absolute atomic E-state index is 0.314. The molecular formula is C16H26N3O3P. The van der Waals surface area contributed by atoms with Crippen LogP contribution in [0.25, 0.3) is 0 Å². The second kappa shape index (κ2) is 14.4. The van der Waals surface area contributed by atoms with Gasteiger partial charge in [-0.1, -0.05) is 21.8 Å². The van der Waals surface area contributed by atoms with Crippen LogP contribution in [0.3, 0.4) is 0 Å². The molecule has 0 atom stereocenters. The Bertz CT molecular complexity index is 400. The van der Waals surface area contributed by atoms with Gasteiger partial charge in [-0.15, -0.1) is 0 Å². The van der Waals surface area contributed by atoms with E-state index in [0.29, 0.717) is 52.3 Å². The number of rotatable bonds is 14. The lowest BCUT2D eigenvalue weighted by atomic mass is 10.3. The van der Waals surface area contributed by atoms with Gasteiger partial charge >= 0.3 is 0 Å². The molecule has 0 aliphatic rings. The van der Waals surface area contributed by atoms with Crippen LogP contribution in [0.2, 0.25) is 0 Å². The van der Waals surface area contributed by atoms with Gasteiger partial charge in [0.2, 0.25) is 0 Å². The number of hydrogen-bond donors (Lipinski definition) is 0. The van der Waals surface area contributed by atoms with Crippen molar-refractivity contribution >= 4 is 7.92 Å². The lowest BCUT2D eigenvalue weighted by Gasteiger charge is -2.40. The molecular weight excluding hydrogens is 313 g/mol. The lowest BCUT2D eigenvalue weighted by Crippen LogP contribution is -2.42. The summed E-state index contributed by atoms with van der Waals surface area (Å²) in [6.45, 7) is 5.96. The van der Waals surface area contributed by atoms with Crippen molar-refractivity contribution < 1.29 is 14.2 Å². The third-order valence-electron chi connectivity index (χ3n) is 3.30. The van der Waals surface area contributed by atoms with Crippen LogP contribution in [0.15, 0.2) is 0 Å². The Morgan fingerprint density at radius 3 is 1.61 bits per heavy atom. The Kier molecular flexibility index (Phi) is 13.6. The third-order valence-corrected chi connectivity index (χ3v) is 6.36. The maximum atomic E-state index is 8.75. The molecule has 0 saturated carbocycles. The Balaban J connectivity index is 4.96. The molecule has 0 aliphatic heterocycles. The van der Waals surface area contributed by atoms with Crippen LogP contribution < -0.4 is 0 Å². The van der Waals surface area contributed by atoms with Gasteiger partial charge in [-0.25, -0.2) is 0 Å². The van der Waals surface area contributed by atoms with Gasteiger partial charge in [0.1, 0.15) is 5.34 Å². The zero-order valence-corrected chi connectivity index (χ0v) is 15.0. The average Bonchev–Trinajstić information content (AvgIpc) is 2.57. The average molecular weight is 339 g/mol. The maximum Gasteiger partial charge on any atom is 0.133 e. The molecule has 0 amide bonds. The first-order valence-corrected chi connectivity index (χ1v) is 9.57. The van der Waals surface area contributed by atoms with E-state index in [1.54, 1.807) is 0 Å². The van der Waals surface area contributed by atoms with Gasteiger partial charge in [0.15, 0.2) is 0 Å². The lowest BCUT2D eigenvalue weighted by molar-refractivity contribution is -0.0828. The molecule has 128 valence electrons. The Labute approximate surface area is 140 Å². The van der Waals surface area contributed by atoms with E-state index in [9.17, 15) is 0 Å². The monoisotopic (exact) mass is 339 g/mol. The van der Waals surface area contributed by atoms with Crippen LogP contribution >= 0.6 is 7.92 Å². The number of nitriles is 3. The Hall–Kier alpha value is -1.22. The molecule has 0 aromatic heterocycles. The van der Waals surface area contributed by atoms with Crippen molar-refractivity contribution in [3.63, 3.8) is 0 Å². The fourth-order valence-corrected chi connectivity index (χ4v) is 4.61. The molecule has 0 radical (unpaired) electrons. The first-order chi connectivity index (χ1) is 11.2. The zero-order valence-electron chi connectivity index (χ0n) is 14.1. The summed E-state index contributed by atoms with van der Waals surface area (Å²) in [6.07, 6.45) is 2.90. The fourth-order valence-electron chi connectivity index (χ4n) is 2.18. The van der Waals surface area contributed by atoms with Crippen molar-refractivity contribution in [3.8, 4) is 18.2 Å². The molecule has 0 rings (SSSR count). The predicted molar refractivity (Wildman–Crippen MR) is 89.0 cm³/mol. The molecule has 23 heavy (non-hydrogen) atoms. The molecule has 0 spiro atoms. The summed E-state index contributed by atoms with van der Waals surface area (Å²) in [4.78, 5) is 0. The van der Waals surface area contributed by atoms with E-state index in [2.05, 4.69) is 32.1 Å². The number of nitrogens with zero attached hydrogens (tertiary/aromatic N) is 3. The minimum atomic E-state index is -0.583. The Morgan fingerprint density at radius 2 is 1.22 bits per heavy atom. The molecule has 0 aromatic carbocycles. The van der Waals surface area contributed by atoms with E-state index in [1.807, 2.05) is 0 Å². The topological polar surface area (TPSA) is 99.1 Å². The third kappa shape index (κ3) is 8.85. The van der Waals surface area contributed by atoms with Gasteiger partial charge in [-0.05, 0) is 12.3 Å². The van der Waals surface area contributed by atoms with E-state index in [-0.39, 0.29) is 0 Å². The largest absolute Gasteiger partial charge is 0.377 e. The van der Waals surface area contributed by atoms with E-state index in [1.165, 1.54) is 0 Å². The fraction of sp³-hybridized carbons (Fsp3) is 0.812. The van der Waals surface area contributed by atoms with Crippen LogP contribution in [0.4, 0.5) is 0 Å². The SMILES string of the molecule is CCP(CC)C(COCCC#N)(COCCC#N)OCCC#N. The van der Waals surface area contributed by atoms with Crippen LogP contribution in [0, 0.1) is 34.0 Å². The molecule has 0 aromatic rings. The molecule has 0 aliphatic carbocycles. The molecule has 6 nitrogen and oxygen atoms in total. The minimum Gasteiger partial charge on any atom is -0.377 e. The van der Waals surface area contributed by atoms with E-state index in [0.717, 1.165) is 12.3 Å². The highest BCUT2D eigenvalue weighted by molar-refractivity contribution is 7.59. The summed E-state index contributed by atoms with van der Waals surface area (Å²) in [5, 5.41) is 25.4. The van der Waals surface area contributed by atoms with E-state index < -0.39 is 13.3 Å². The molecule has 0 bridgehead atoms. The highest BCUT2D eigenvalue weighted by atomic mass is 31.1. The van der Waals surface area contributed by atoms with Crippen molar-refractivity contribution in [3.05, 3.63) is 0 Å². The van der Waals surface area contributed by atoms with Crippen molar-refractivity contribution in [2.24, 2.45) is 0 Å². The van der Waals surface area contributed by atoms with Crippen molar-refractivity contribution in [2.75, 3.05) is 45.4 Å². The summed E-state index contributed by atoms with van der Waals surface area (Å²) in [5.41, 5.74) is 0. The quantitative estimate of drug-likeness (QED) is 0.356.